The molecule has 1 N–H and O–H groups in total. The van der Waals surface area contributed by atoms with E-state index in [1.54, 1.807) is 0 Å². The smallest absolute Gasteiger partial charge is 0.460 e. The molecule has 66 heteroatoms. The molecule has 646 valence electrons. The molecule has 0 fully saturated rings. The molecule has 109 heavy (non-hydrogen) atoms. The lowest BCUT2D eigenvalue weighted by Gasteiger charge is -2.55. The van der Waals surface area contributed by atoms with Crippen molar-refractivity contribution in [2.45, 2.75) is 216 Å². The van der Waals surface area contributed by atoms with Crippen LogP contribution in [-0.4, -0.2) is 198 Å². The molecular weight excluding hydrogens is 1770 g/mol. The number of alkyl halides is 63. The predicted molar refractivity (Wildman–Crippen MR) is 219 cm³/mol. The number of hydrogen-bond donors (Lipinski definition) is 1. The summed E-state index contributed by atoms with van der Waals surface area (Å²) in [4.78, 5) is 11.6. The number of halogens is 63. The monoisotopic (exact) mass is 1790 g/mol. The lowest BCUT2D eigenvalue weighted by atomic mass is 9.85. The van der Waals surface area contributed by atoms with Crippen LogP contribution in [0.3, 0.4) is 0 Å². The van der Waals surface area contributed by atoms with Crippen LogP contribution in [0, 0.1) is 0 Å². The van der Waals surface area contributed by atoms with E-state index in [1.807, 2.05) is 0 Å². The van der Waals surface area contributed by atoms with E-state index >= 15 is 105 Å². The second kappa shape index (κ2) is 25.8. The highest BCUT2D eigenvalue weighted by molar-refractivity contribution is 6.95. The normalized spacial score (nSPS) is 18.2. The van der Waals surface area contributed by atoms with Crippen molar-refractivity contribution in [3.8, 4) is 0 Å². The fourth-order valence-electron chi connectivity index (χ4n) is 9.20. The summed E-state index contributed by atoms with van der Waals surface area (Å²) in [5, 5.41) is 4.93. The van der Waals surface area contributed by atoms with Gasteiger partial charge in [0.1, 0.15) is 8.07 Å². The number of hydrogen-bond acceptors (Lipinski definition) is 1. The lowest BCUT2D eigenvalue weighted by molar-refractivity contribution is -0.474. The molecule has 1 aromatic carbocycles. The van der Waals surface area contributed by atoms with E-state index in [1.165, 1.54) is 0 Å². The van der Waals surface area contributed by atoms with Crippen LogP contribution in [-0.2, 0) is 0 Å². The summed E-state index contributed by atoms with van der Waals surface area (Å²) in [6.45, 7) is -7.89. The Hall–Kier alpha value is -5.50. The van der Waals surface area contributed by atoms with Crippen molar-refractivity contribution in [1.82, 2.24) is 0 Å². The van der Waals surface area contributed by atoms with Gasteiger partial charge < -0.3 is 5.11 Å². The minimum Gasteiger partial charge on any atom is -0.478 e. The maximum atomic E-state index is 16.8. The summed E-state index contributed by atoms with van der Waals surface area (Å²) in [6.07, 6.45) is -26.5. The molecule has 0 bridgehead atoms. The maximum absolute atomic E-state index is 16.8. The summed E-state index contributed by atoms with van der Waals surface area (Å²) >= 11 is 0. The molecule has 0 saturated carbocycles. The molecule has 0 radical (unpaired) electrons. The zero-order valence-corrected chi connectivity index (χ0v) is 49.7. The van der Waals surface area contributed by atoms with Crippen LogP contribution in [0.4, 0.5) is 277 Å². The topological polar surface area (TPSA) is 37.3 Å². The zero-order valence-electron chi connectivity index (χ0n) is 48.7. The molecule has 0 aliphatic rings. The van der Waals surface area contributed by atoms with Crippen LogP contribution in [0.15, 0.2) is 24.3 Å². The van der Waals surface area contributed by atoms with Crippen molar-refractivity contribution in [3.05, 3.63) is 29.8 Å². The fourth-order valence-corrected chi connectivity index (χ4v) is 16.0. The molecular formula is C43H17F63O2Si. The summed E-state index contributed by atoms with van der Waals surface area (Å²) < 4.78 is 920. The predicted octanol–water partition coefficient (Wildman–Crippen LogP) is 23.1. The van der Waals surface area contributed by atoms with Gasteiger partial charge in [0.25, 0.3) is 0 Å². The summed E-state index contributed by atoms with van der Waals surface area (Å²) in [5.41, 5.74) is -24.7. The van der Waals surface area contributed by atoms with Gasteiger partial charge in [-0.1, -0.05) is 38.1 Å². The van der Waals surface area contributed by atoms with Gasteiger partial charge in [0, 0.05) is 16.6 Å². The van der Waals surface area contributed by atoms with Gasteiger partial charge in [-0.25, -0.2) is 4.79 Å². The number of carboxylic acids is 1. The van der Waals surface area contributed by atoms with Gasteiger partial charge in [0.2, 0.25) is 0 Å². The molecule has 2 nitrogen and oxygen atoms in total. The van der Waals surface area contributed by atoms with Crippen molar-refractivity contribution >= 4 is 19.2 Å². The van der Waals surface area contributed by atoms with Crippen LogP contribution in [0.2, 0.25) is 16.6 Å². The summed E-state index contributed by atoms with van der Waals surface area (Å²) in [6, 6.07) is -6.58. The third-order valence-electron chi connectivity index (χ3n) is 16.0. The number of rotatable bonds is 32. The van der Waals surface area contributed by atoms with E-state index in [-0.39, 0.29) is 0 Å². The Morgan fingerprint density at radius 2 is 0.321 bits per heavy atom. The summed E-state index contributed by atoms with van der Waals surface area (Å²) in [7, 11) is -11.1. The van der Waals surface area contributed by atoms with Crippen LogP contribution in [0.25, 0.3) is 0 Å². The first kappa shape index (κ1) is 102. The highest BCUT2D eigenvalue weighted by Crippen LogP contribution is 2.75. The number of benzene rings is 1. The van der Waals surface area contributed by atoms with E-state index in [9.17, 15) is 176 Å². The highest BCUT2D eigenvalue weighted by atomic mass is 28.3. The standard InChI is InChI=1S/C43H17F63O2Si/c1-8(14(44,45)17(50,51)20(56,57)23(62,63)26(68,69)29(74,75)32(80,81)35(86,87)38(92,93)41(98,99)100)109(12-6-4-11(5-7-12)13(107)108,9(2)15(46,47)18(52,53)21(58,59)24(64,65)27(70,71)30(76,77)33(82,83)36(88,89)39(94,95)42(101,102)103)10(3)16(48,49)19(54,55)22(60,61)25(66,67)28(72,73)31(78,79)34(84,85)37(90,91)40(96,97)43(104,105)106/h4-10H,1-3H3,(H,107,108). The van der Waals surface area contributed by atoms with E-state index in [0.29, 0.717) is 0 Å². The van der Waals surface area contributed by atoms with E-state index in [2.05, 4.69) is 0 Å². The van der Waals surface area contributed by atoms with Crippen LogP contribution in [0.5, 0.6) is 0 Å². The third kappa shape index (κ3) is 12.0. The third-order valence-corrected chi connectivity index (χ3v) is 22.7. The molecule has 3 unspecified atom stereocenters. The largest absolute Gasteiger partial charge is 0.478 e. The van der Waals surface area contributed by atoms with Crippen molar-refractivity contribution in [2.24, 2.45) is 0 Å². The average molecular weight is 1790 g/mol. The first-order valence-corrected chi connectivity index (χ1v) is 27.1. The van der Waals surface area contributed by atoms with Crippen molar-refractivity contribution in [3.63, 3.8) is 0 Å². The Labute approximate surface area is 552 Å². The SMILES string of the molecule is CC(C(F)(F)C(F)(F)C(F)(F)C(F)(F)C(F)(F)C(F)(F)C(F)(F)C(F)(F)C(F)(F)C(F)(F)F)[Si](c1ccc(C(=O)O)cc1)(C(C)C(F)(F)C(F)(F)C(F)(F)C(F)(F)C(F)(F)C(F)(F)C(F)(F)C(F)(F)C(F)(F)C(F)(F)F)C(C)C(F)(F)C(F)(F)C(F)(F)C(F)(F)C(F)(F)C(F)(F)C(F)(F)C(F)(F)C(F)(F)C(F)(F)F. The average Bonchev–Trinajstić information content (AvgIpc) is 0.676. The van der Waals surface area contributed by atoms with E-state index in [0.717, 1.165) is 0 Å². The molecule has 0 saturated heterocycles. The zero-order chi connectivity index (χ0) is 89.8. The Bertz CT molecular complexity index is 3120. The summed E-state index contributed by atoms with van der Waals surface area (Å²) in [5.74, 6) is -281. The van der Waals surface area contributed by atoms with Gasteiger partial charge >= 0.3 is 184 Å². The highest BCUT2D eigenvalue weighted by Gasteiger charge is 3.03. The van der Waals surface area contributed by atoms with Crippen molar-refractivity contribution in [1.29, 1.82) is 0 Å². The second-order valence-electron chi connectivity index (χ2n) is 22.1. The number of carbonyl (C=O) groups is 1. The lowest BCUT2D eigenvalue weighted by Crippen LogP contribution is -2.80. The fraction of sp³-hybridized carbons (Fsp3) is 0.837. The van der Waals surface area contributed by atoms with Gasteiger partial charge in [-0.05, 0) is 12.1 Å². The number of carboxylic acid groups (broad SMARTS) is 1. The molecule has 0 aliphatic carbocycles. The quantitative estimate of drug-likeness (QED) is 0.0577. The second-order valence-corrected chi connectivity index (χ2v) is 27.2. The Balaban J connectivity index is 5.59. The molecule has 0 amide bonds. The molecule has 0 aliphatic heterocycles. The van der Waals surface area contributed by atoms with E-state index in [4.69, 9.17) is 5.11 Å². The van der Waals surface area contributed by atoms with Crippen molar-refractivity contribution in [2.75, 3.05) is 0 Å². The Kier molecular flexibility index (Phi) is 24.0. The van der Waals surface area contributed by atoms with Crippen LogP contribution in [0.1, 0.15) is 31.1 Å². The van der Waals surface area contributed by atoms with Gasteiger partial charge in [-0.15, -0.1) is 0 Å². The van der Waals surface area contributed by atoms with Gasteiger partial charge in [-0.2, -0.15) is 277 Å². The van der Waals surface area contributed by atoms with Gasteiger partial charge in [-0.3, -0.25) is 0 Å². The molecule has 0 spiro atoms. The number of aromatic carboxylic acids is 1. The van der Waals surface area contributed by atoms with Crippen LogP contribution < -0.4 is 5.19 Å². The van der Waals surface area contributed by atoms with Crippen LogP contribution >= 0.6 is 0 Å². The van der Waals surface area contributed by atoms with E-state index < -0.39 is 265 Å². The molecule has 3 atom stereocenters. The van der Waals surface area contributed by atoms with Gasteiger partial charge in [0.15, 0.2) is 0 Å². The minimum absolute atomic E-state index is 1.40. The first-order valence-electron chi connectivity index (χ1n) is 24.9. The first-order chi connectivity index (χ1) is 46.1. The van der Waals surface area contributed by atoms with Gasteiger partial charge in [0.05, 0.1) is 5.56 Å². The molecule has 0 aromatic heterocycles. The minimum atomic E-state index is -11.1. The molecule has 0 heterocycles. The Morgan fingerprint density at radius 1 is 0.211 bits per heavy atom. The van der Waals surface area contributed by atoms with Crippen molar-refractivity contribution < 1.29 is 286 Å². The maximum Gasteiger partial charge on any atom is 0.460 e. The Morgan fingerprint density at radius 3 is 0.431 bits per heavy atom. The molecule has 1 aromatic rings. The molecule has 1 rings (SSSR count).